The number of carboxylic acid groups (broad SMARTS) is 1. The largest absolute Gasteiger partial charge is 0.477 e. The normalized spacial score (nSPS) is 10.7. The lowest BCUT2D eigenvalue weighted by Gasteiger charge is -2.24. The molecule has 0 fully saturated rings. The second kappa shape index (κ2) is 8.38. The predicted octanol–water partition coefficient (Wildman–Crippen LogP) is 4.32. The number of carbonyl (C=O) groups is 1. The number of halogens is 1. The van der Waals surface area contributed by atoms with Crippen molar-refractivity contribution in [2.75, 3.05) is 18.2 Å². The Bertz CT molecular complexity index is 800. The average molecular weight is 379 g/mol. The van der Waals surface area contributed by atoms with E-state index in [0.29, 0.717) is 28.7 Å². The highest BCUT2D eigenvalue weighted by atomic mass is 35.5. The lowest BCUT2D eigenvalue weighted by Crippen LogP contribution is -2.27. The first-order chi connectivity index (χ1) is 12.3. The minimum Gasteiger partial charge on any atom is -0.477 e. The lowest BCUT2D eigenvalue weighted by atomic mass is 10.1. The topological polar surface area (TPSA) is 82.9 Å². The summed E-state index contributed by atoms with van der Waals surface area (Å²) in [4.78, 5) is 17.8. The van der Waals surface area contributed by atoms with Crippen LogP contribution in [0.1, 0.15) is 40.5 Å². The van der Waals surface area contributed by atoms with E-state index in [0.717, 1.165) is 17.5 Å². The Balaban J connectivity index is 2.62. The van der Waals surface area contributed by atoms with Crippen LogP contribution in [0.25, 0.3) is 0 Å². The zero-order valence-corrected chi connectivity index (χ0v) is 16.1. The van der Waals surface area contributed by atoms with Gasteiger partial charge in [-0.3, -0.25) is 0 Å². The van der Waals surface area contributed by atoms with E-state index in [1.807, 2.05) is 20.8 Å². The molecule has 7 heteroatoms. The van der Waals surface area contributed by atoms with E-state index in [1.165, 1.54) is 0 Å². The molecule has 0 atom stereocenters. The standard InChI is InChI=1S/C19H23ClN2O4/c1-5-6-22(10-23)15-9-13(4)21-18(16(15)19(24)25)26-17-11(2)7-14(20)8-12(17)3/h7-9,23H,5-6,10H2,1-4H3,(H,24,25). The molecule has 6 nitrogen and oxygen atoms in total. The van der Waals surface area contributed by atoms with Crippen LogP contribution in [0.3, 0.4) is 0 Å². The number of rotatable bonds is 7. The third kappa shape index (κ3) is 4.26. The van der Waals surface area contributed by atoms with Gasteiger partial charge in [-0.25, -0.2) is 9.78 Å². The van der Waals surface area contributed by atoms with E-state index in [9.17, 15) is 15.0 Å². The van der Waals surface area contributed by atoms with Gasteiger partial charge in [0, 0.05) is 17.3 Å². The average Bonchev–Trinajstić information content (AvgIpc) is 2.54. The molecule has 0 amide bonds. The Morgan fingerprint density at radius 2 is 1.85 bits per heavy atom. The van der Waals surface area contributed by atoms with E-state index in [-0.39, 0.29) is 18.2 Å². The predicted molar refractivity (Wildman–Crippen MR) is 102 cm³/mol. The van der Waals surface area contributed by atoms with Crippen molar-refractivity contribution < 1.29 is 19.7 Å². The number of pyridine rings is 1. The van der Waals surface area contributed by atoms with Gasteiger partial charge in [0.2, 0.25) is 5.88 Å². The summed E-state index contributed by atoms with van der Waals surface area (Å²) in [6.45, 7) is 7.60. The van der Waals surface area contributed by atoms with Gasteiger partial charge in [-0.2, -0.15) is 0 Å². The minimum atomic E-state index is -1.17. The molecule has 0 aliphatic heterocycles. The number of aliphatic hydroxyl groups is 1. The lowest BCUT2D eigenvalue weighted by molar-refractivity contribution is 0.0693. The molecule has 1 heterocycles. The number of carboxylic acids is 1. The number of anilines is 1. The third-order valence-electron chi connectivity index (χ3n) is 3.94. The van der Waals surface area contributed by atoms with Gasteiger partial charge in [0.05, 0.1) is 5.69 Å². The molecule has 1 aromatic carbocycles. The quantitative estimate of drug-likeness (QED) is 0.698. The molecule has 0 saturated carbocycles. The summed E-state index contributed by atoms with van der Waals surface area (Å²) >= 11 is 6.05. The van der Waals surface area contributed by atoms with Crippen LogP contribution in [0.4, 0.5) is 5.69 Å². The van der Waals surface area contributed by atoms with E-state index in [2.05, 4.69) is 4.98 Å². The van der Waals surface area contributed by atoms with Crippen LogP contribution in [-0.4, -0.2) is 34.4 Å². The summed E-state index contributed by atoms with van der Waals surface area (Å²) < 4.78 is 5.92. The summed E-state index contributed by atoms with van der Waals surface area (Å²) in [5, 5.41) is 20.0. The summed E-state index contributed by atoms with van der Waals surface area (Å²) in [6, 6.07) is 5.14. The molecule has 0 saturated heterocycles. The van der Waals surface area contributed by atoms with Crippen LogP contribution in [0, 0.1) is 20.8 Å². The maximum absolute atomic E-state index is 11.9. The number of ether oxygens (including phenoxy) is 1. The first kappa shape index (κ1) is 20.0. The zero-order chi connectivity index (χ0) is 19.4. The van der Waals surface area contributed by atoms with E-state index >= 15 is 0 Å². The zero-order valence-electron chi connectivity index (χ0n) is 15.3. The number of aliphatic hydroxyl groups excluding tert-OH is 1. The molecule has 0 radical (unpaired) electrons. The summed E-state index contributed by atoms with van der Waals surface area (Å²) in [5.74, 6) is -0.649. The van der Waals surface area contributed by atoms with Crippen molar-refractivity contribution in [3.05, 3.63) is 45.6 Å². The van der Waals surface area contributed by atoms with Gasteiger partial charge in [-0.15, -0.1) is 0 Å². The van der Waals surface area contributed by atoms with E-state index in [1.54, 1.807) is 30.0 Å². The van der Waals surface area contributed by atoms with Crippen LogP contribution < -0.4 is 9.64 Å². The van der Waals surface area contributed by atoms with E-state index < -0.39 is 5.97 Å². The molecule has 0 aliphatic carbocycles. The third-order valence-corrected chi connectivity index (χ3v) is 4.15. The molecule has 0 bridgehead atoms. The fourth-order valence-corrected chi connectivity index (χ4v) is 3.17. The van der Waals surface area contributed by atoms with Gasteiger partial charge in [-0.1, -0.05) is 18.5 Å². The molecule has 2 N–H and O–H groups in total. The number of hydrogen-bond acceptors (Lipinski definition) is 5. The molecule has 1 aromatic heterocycles. The number of aromatic carboxylic acids is 1. The Morgan fingerprint density at radius 1 is 1.23 bits per heavy atom. The first-order valence-corrected chi connectivity index (χ1v) is 8.71. The number of benzene rings is 1. The van der Waals surface area contributed by atoms with Crippen molar-refractivity contribution in [3.63, 3.8) is 0 Å². The Hall–Kier alpha value is -2.31. The summed E-state index contributed by atoms with van der Waals surface area (Å²) in [5.41, 5.74) is 2.46. The number of aromatic nitrogens is 1. The summed E-state index contributed by atoms with van der Waals surface area (Å²) in [6.07, 6.45) is 0.757. The highest BCUT2D eigenvalue weighted by molar-refractivity contribution is 6.30. The SMILES string of the molecule is CCCN(CO)c1cc(C)nc(Oc2c(C)cc(Cl)cc2C)c1C(=O)O. The Morgan fingerprint density at radius 3 is 2.35 bits per heavy atom. The van der Waals surface area contributed by atoms with E-state index in [4.69, 9.17) is 16.3 Å². The first-order valence-electron chi connectivity index (χ1n) is 8.33. The molecular weight excluding hydrogens is 356 g/mol. The van der Waals surface area contributed by atoms with Crippen molar-refractivity contribution in [3.8, 4) is 11.6 Å². The Labute approximate surface area is 158 Å². The fourth-order valence-electron chi connectivity index (χ4n) is 2.84. The number of hydrogen-bond donors (Lipinski definition) is 2. The van der Waals surface area contributed by atoms with Gasteiger partial charge < -0.3 is 19.8 Å². The number of nitrogens with zero attached hydrogens (tertiary/aromatic N) is 2. The van der Waals surface area contributed by atoms with Crippen LogP contribution >= 0.6 is 11.6 Å². The second-order valence-corrected chi connectivity index (χ2v) is 6.58. The van der Waals surface area contributed by atoms with Gasteiger partial charge in [0.25, 0.3) is 0 Å². The molecular formula is C19H23ClN2O4. The number of aryl methyl sites for hydroxylation is 3. The van der Waals surface area contributed by atoms with Crippen LogP contribution in [0.2, 0.25) is 5.02 Å². The van der Waals surface area contributed by atoms with Crippen molar-refractivity contribution >= 4 is 23.3 Å². The van der Waals surface area contributed by atoms with Gasteiger partial charge in [-0.05, 0) is 56.5 Å². The molecule has 0 aliphatic rings. The van der Waals surface area contributed by atoms with Crippen LogP contribution in [0.15, 0.2) is 18.2 Å². The molecule has 2 aromatic rings. The maximum atomic E-state index is 11.9. The molecule has 2 rings (SSSR count). The van der Waals surface area contributed by atoms with Crippen molar-refractivity contribution in [2.24, 2.45) is 0 Å². The highest BCUT2D eigenvalue weighted by Crippen LogP contribution is 2.35. The van der Waals surface area contributed by atoms with Crippen molar-refractivity contribution in [1.82, 2.24) is 4.98 Å². The molecule has 0 spiro atoms. The smallest absolute Gasteiger partial charge is 0.343 e. The molecule has 140 valence electrons. The van der Waals surface area contributed by atoms with Crippen LogP contribution in [-0.2, 0) is 0 Å². The molecule has 0 unspecified atom stereocenters. The van der Waals surface area contributed by atoms with Gasteiger partial charge in [0.1, 0.15) is 18.0 Å². The second-order valence-electron chi connectivity index (χ2n) is 6.14. The van der Waals surface area contributed by atoms with Crippen molar-refractivity contribution in [1.29, 1.82) is 0 Å². The summed E-state index contributed by atoms with van der Waals surface area (Å²) in [7, 11) is 0. The monoisotopic (exact) mass is 378 g/mol. The van der Waals surface area contributed by atoms with Gasteiger partial charge >= 0.3 is 5.97 Å². The Kier molecular flexibility index (Phi) is 6.45. The fraction of sp³-hybridized carbons (Fsp3) is 0.368. The maximum Gasteiger partial charge on any atom is 0.343 e. The van der Waals surface area contributed by atoms with Crippen LogP contribution in [0.5, 0.6) is 11.6 Å². The highest BCUT2D eigenvalue weighted by Gasteiger charge is 2.24. The van der Waals surface area contributed by atoms with Gasteiger partial charge in [0.15, 0.2) is 0 Å². The molecule has 26 heavy (non-hydrogen) atoms. The van der Waals surface area contributed by atoms with Crippen molar-refractivity contribution in [2.45, 2.75) is 34.1 Å². The minimum absolute atomic E-state index is 0.00410.